The van der Waals surface area contributed by atoms with Gasteiger partial charge in [0.25, 0.3) is 0 Å². The van der Waals surface area contributed by atoms with Crippen LogP contribution in [0.15, 0.2) is 36.9 Å². The number of hydrogen-bond donors (Lipinski definition) is 2. The summed E-state index contributed by atoms with van der Waals surface area (Å²) in [5.74, 6) is 0. The van der Waals surface area contributed by atoms with Gasteiger partial charge in [0.05, 0.1) is 24.5 Å². The Balaban J connectivity index is 2.53. The summed E-state index contributed by atoms with van der Waals surface area (Å²) in [4.78, 5) is 4.00. The molecule has 0 aliphatic rings. The van der Waals surface area contributed by atoms with Crippen molar-refractivity contribution in [1.29, 1.82) is 0 Å². The van der Waals surface area contributed by atoms with Crippen molar-refractivity contribution in [3.8, 4) is 0 Å². The minimum atomic E-state index is -0.906. The molecule has 0 spiro atoms. The molecule has 0 bridgehead atoms. The van der Waals surface area contributed by atoms with Crippen molar-refractivity contribution >= 4 is 23.2 Å². The van der Waals surface area contributed by atoms with Crippen molar-refractivity contribution in [1.82, 2.24) is 9.55 Å². The molecule has 0 saturated carbocycles. The molecule has 0 radical (unpaired) electrons. The van der Waals surface area contributed by atoms with Gasteiger partial charge < -0.3 is 14.8 Å². The van der Waals surface area contributed by atoms with E-state index in [1.807, 2.05) is 11.5 Å². The first kappa shape index (κ1) is 16.3. The third-order valence-electron chi connectivity index (χ3n) is 3.80. The molecule has 114 valence electrons. The average Bonchev–Trinajstić information content (AvgIpc) is 2.97. The van der Waals surface area contributed by atoms with E-state index in [2.05, 4.69) is 4.98 Å². The summed E-state index contributed by atoms with van der Waals surface area (Å²) in [6.45, 7) is 2.01. The van der Waals surface area contributed by atoms with Crippen LogP contribution in [0.1, 0.15) is 18.9 Å². The summed E-state index contributed by atoms with van der Waals surface area (Å²) in [6, 6.07) is 5.10. The fourth-order valence-corrected chi connectivity index (χ4v) is 3.20. The Morgan fingerprint density at radius 2 is 2.14 bits per heavy atom. The van der Waals surface area contributed by atoms with Crippen molar-refractivity contribution in [2.45, 2.75) is 31.4 Å². The second-order valence-electron chi connectivity index (χ2n) is 5.10. The second-order valence-corrected chi connectivity index (χ2v) is 5.94. The van der Waals surface area contributed by atoms with Gasteiger partial charge in [-0.25, -0.2) is 4.98 Å². The minimum absolute atomic E-state index is 0.235. The Morgan fingerprint density at radius 3 is 2.67 bits per heavy atom. The van der Waals surface area contributed by atoms with Crippen LogP contribution in [0.5, 0.6) is 0 Å². The molecular weight excluding hydrogens is 311 g/mol. The molecule has 2 atom stereocenters. The maximum Gasteiger partial charge on any atom is 0.0946 e. The standard InChI is InChI=1S/C15H18Cl2N2O2/c1-2-14(21)15(9-20,8-19-6-5-18-10-19)12-4-3-11(16)7-13(12)17/h3-7,10,14,20-21H,2,8-9H2,1H3. The Kier molecular flexibility index (Phi) is 5.27. The molecule has 2 aromatic rings. The lowest BCUT2D eigenvalue weighted by Crippen LogP contribution is -2.46. The molecule has 0 amide bonds. The van der Waals surface area contributed by atoms with Crippen molar-refractivity contribution < 1.29 is 10.2 Å². The van der Waals surface area contributed by atoms with Crippen LogP contribution >= 0.6 is 23.2 Å². The Labute approximate surface area is 134 Å². The molecule has 0 aliphatic carbocycles. The second kappa shape index (κ2) is 6.79. The van der Waals surface area contributed by atoms with E-state index >= 15 is 0 Å². The zero-order valence-electron chi connectivity index (χ0n) is 11.7. The molecule has 6 heteroatoms. The lowest BCUT2D eigenvalue weighted by atomic mass is 9.75. The smallest absolute Gasteiger partial charge is 0.0946 e. The van der Waals surface area contributed by atoms with Gasteiger partial charge in [0, 0.05) is 29.0 Å². The van der Waals surface area contributed by atoms with E-state index < -0.39 is 11.5 Å². The number of aliphatic hydroxyl groups excluding tert-OH is 2. The van der Waals surface area contributed by atoms with Crippen molar-refractivity contribution in [3.63, 3.8) is 0 Å². The molecule has 1 aromatic heterocycles. The number of aromatic nitrogens is 2. The molecule has 0 aliphatic heterocycles. The summed E-state index contributed by atoms with van der Waals surface area (Å²) in [5, 5.41) is 21.5. The van der Waals surface area contributed by atoms with E-state index in [-0.39, 0.29) is 6.61 Å². The zero-order chi connectivity index (χ0) is 15.5. The first-order valence-electron chi connectivity index (χ1n) is 6.73. The molecule has 2 rings (SSSR count). The van der Waals surface area contributed by atoms with Crippen molar-refractivity contribution in [2.24, 2.45) is 0 Å². The van der Waals surface area contributed by atoms with E-state index in [0.29, 0.717) is 28.6 Å². The first-order valence-corrected chi connectivity index (χ1v) is 7.49. The highest BCUT2D eigenvalue weighted by atomic mass is 35.5. The predicted octanol–water partition coefficient (Wildman–Crippen LogP) is 2.89. The van der Waals surface area contributed by atoms with Crippen LogP contribution < -0.4 is 0 Å². The van der Waals surface area contributed by atoms with Crippen LogP contribution in [0.3, 0.4) is 0 Å². The number of halogens is 2. The van der Waals surface area contributed by atoms with Crippen LogP contribution in [0.2, 0.25) is 10.0 Å². The Bertz CT molecular complexity index is 589. The monoisotopic (exact) mass is 328 g/mol. The van der Waals surface area contributed by atoms with Crippen LogP contribution in [0.4, 0.5) is 0 Å². The topological polar surface area (TPSA) is 58.3 Å². The maximum atomic E-state index is 10.5. The normalized spacial score (nSPS) is 15.7. The first-order chi connectivity index (χ1) is 10.0. The molecule has 2 unspecified atom stereocenters. The average molecular weight is 329 g/mol. The van der Waals surface area contributed by atoms with Gasteiger partial charge in [0.15, 0.2) is 0 Å². The van der Waals surface area contributed by atoms with Gasteiger partial charge in [-0.2, -0.15) is 0 Å². The minimum Gasteiger partial charge on any atom is -0.395 e. The number of imidazole rings is 1. The van der Waals surface area contributed by atoms with Gasteiger partial charge in [-0.05, 0) is 24.1 Å². The van der Waals surface area contributed by atoms with Gasteiger partial charge in [-0.3, -0.25) is 0 Å². The molecular formula is C15H18Cl2N2O2. The van der Waals surface area contributed by atoms with Gasteiger partial charge in [0.2, 0.25) is 0 Å². The van der Waals surface area contributed by atoms with E-state index in [1.165, 1.54) is 0 Å². The van der Waals surface area contributed by atoms with Crippen LogP contribution in [0.25, 0.3) is 0 Å². The predicted molar refractivity (Wildman–Crippen MR) is 83.8 cm³/mol. The molecule has 4 nitrogen and oxygen atoms in total. The fraction of sp³-hybridized carbons (Fsp3) is 0.400. The van der Waals surface area contributed by atoms with E-state index in [1.54, 1.807) is 36.9 Å². The van der Waals surface area contributed by atoms with E-state index in [0.717, 1.165) is 0 Å². The summed E-state index contributed by atoms with van der Waals surface area (Å²) >= 11 is 12.2. The maximum absolute atomic E-state index is 10.5. The highest BCUT2D eigenvalue weighted by molar-refractivity contribution is 6.35. The highest BCUT2D eigenvalue weighted by Gasteiger charge is 2.40. The molecule has 1 aromatic carbocycles. The Hall–Kier alpha value is -1.07. The van der Waals surface area contributed by atoms with Gasteiger partial charge >= 0.3 is 0 Å². The molecule has 0 fully saturated rings. The summed E-state index contributed by atoms with van der Waals surface area (Å²) in [5.41, 5.74) is -0.226. The highest BCUT2D eigenvalue weighted by Crippen LogP contribution is 2.37. The van der Waals surface area contributed by atoms with Gasteiger partial charge in [0.1, 0.15) is 0 Å². The molecule has 2 N–H and O–H groups in total. The van der Waals surface area contributed by atoms with Gasteiger partial charge in [-0.15, -0.1) is 0 Å². The van der Waals surface area contributed by atoms with Crippen molar-refractivity contribution in [2.75, 3.05) is 6.61 Å². The number of nitrogens with zero attached hydrogens (tertiary/aromatic N) is 2. The molecule has 21 heavy (non-hydrogen) atoms. The lowest BCUT2D eigenvalue weighted by molar-refractivity contribution is 0.0242. The summed E-state index contributed by atoms with van der Waals surface area (Å²) in [7, 11) is 0. The third-order valence-corrected chi connectivity index (χ3v) is 4.35. The van der Waals surface area contributed by atoms with Crippen LogP contribution in [-0.4, -0.2) is 32.5 Å². The van der Waals surface area contributed by atoms with E-state index in [9.17, 15) is 10.2 Å². The lowest BCUT2D eigenvalue weighted by Gasteiger charge is -2.37. The number of aliphatic hydroxyl groups is 2. The SMILES string of the molecule is CCC(O)C(CO)(Cn1ccnc1)c1ccc(Cl)cc1Cl. The van der Waals surface area contributed by atoms with Crippen LogP contribution in [-0.2, 0) is 12.0 Å². The largest absolute Gasteiger partial charge is 0.395 e. The fourth-order valence-electron chi connectivity index (χ4n) is 2.60. The number of hydrogen-bond acceptors (Lipinski definition) is 3. The summed E-state index contributed by atoms with van der Waals surface area (Å²) < 4.78 is 1.82. The van der Waals surface area contributed by atoms with Crippen LogP contribution in [0, 0.1) is 0 Å². The zero-order valence-corrected chi connectivity index (χ0v) is 13.2. The van der Waals surface area contributed by atoms with Gasteiger partial charge in [-0.1, -0.05) is 36.2 Å². The Morgan fingerprint density at radius 1 is 1.38 bits per heavy atom. The third kappa shape index (κ3) is 3.24. The summed E-state index contributed by atoms with van der Waals surface area (Å²) in [6.07, 6.45) is 4.84. The van der Waals surface area contributed by atoms with E-state index in [4.69, 9.17) is 23.2 Å². The van der Waals surface area contributed by atoms with Crippen molar-refractivity contribution in [3.05, 3.63) is 52.5 Å². The number of rotatable bonds is 6. The quantitative estimate of drug-likeness (QED) is 0.857. The molecule has 0 saturated heterocycles. The molecule has 1 heterocycles. The number of benzene rings is 1.